The van der Waals surface area contributed by atoms with E-state index in [1.807, 2.05) is 6.92 Å². The predicted octanol–water partition coefficient (Wildman–Crippen LogP) is 2.03. The van der Waals surface area contributed by atoms with E-state index < -0.39 is 0 Å². The normalized spacial score (nSPS) is 9.85. The quantitative estimate of drug-likeness (QED) is 0.647. The smallest absolute Gasteiger partial charge is 0.223 e. The molecule has 0 fully saturated rings. The van der Waals surface area contributed by atoms with Crippen molar-refractivity contribution < 1.29 is 4.79 Å². The van der Waals surface area contributed by atoms with Gasteiger partial charge < -0.3 is 4.90 Å². The molecular formula is C9H11ClN2O. The molecule has 0 saturated carbocycles. The van der Waals surface area contributed by atoms with E-state index in [4.69, 9.17) is 11.6 Å². The topological polar surface area (TPSA) is 33.2 Å². The number of hydrogen-bond donors (Lipinski definition) is 0. The summed E-state index contributed by atoms with van der Waals surface area (Å²) in [7, 11) is 1.71. The zero-order valence-electron chi connectivity index (χ0n) is 7.84. The second kappa shape index (κ2) is 3.75. The van der Waals surface area contributed by atoms with Crippen molar-refractivity contribution in [1.29, 1.82) is 0 Å². The molecule has 3 nitrogen and oxygen atoms in total. The molecule has 4 heteroatoms. The van der Waals surface area contributed by atoms with Gasteiger partial charge in [-0.1, -0.05) is 11.6 Å². The van der Waals surface area contributed by atoms with Crippen molar-refractivity contribution in [2.75, 3.05) is 11.9 Å². The van der Waals surface area contributed by atoms with Crippen LogP contribution in [0.4, 0.5) is 5.69 Å². The monoisotopic (exact) mass is 198 g/mol. The summed E-state index contributed by atoms with van der Waals surface area (Å²) >= 11 is 5.69. The van der Waals surface area contributed by atoms with Crippen molar-refractivity contribution in [2.45, 2.75) is 13.8 Å². The van der Waals surface area contributed by atoms with Gasteiger partial charge in [-0.05, 0) is 19.1 Å². The van der Waals surface area contributed by atoms with Crippen LogP contribution in [0.25, 0.3) is 0 Å². The van der Waals surface area contributed by atoms with Crippen LogP contribution in [0.5, 0.6) is 0 Å². The Kier molecular flexibility index (Phi) is 2.88. The lowest BCUT2D eigenvalue weighted by molar-refractivity contribution is -0.116. The molecule has 0 aromatic carbocycles. The van der Waals surface area contributed by atoms with Crippen LogP contribution in [0.1, 0.15) is 12.6 Å². The highest BCUT2D eigenvalue weighted by Crippen LogP contribution is 2.19. The fraction of sp³-hybridized carbons (Fsp3) is 0.333. The van der Waals surface area contributed by atoms with Crippen LogP contribution in [0.2, 0.25) is 5.15 Å². The van der Waals surface area contributed by atoms with Gasteiger partial charge in [-0.25, -0.2) is 4.98 Å². The van der Waals surface area contributed by atoms with Crippen molar-refractivity contribution in [3.8, 4) is 0 Å². The van der Waals surface area contributed by atoms with Crippen LogP contribution in [-0.2, 0) is 4.79 Å². The van der Waals surface area contributed by atoms with E-state index in [2.05, 4.69) is 4.98 Å². The van der Waals surface area contributed by atoms with Crippen LogP contribution in [0.15, 0.2) is 12.1 Å². The van der Waals surface area contributed by atoms with E-state index in [0.717, 1.165) is 11.4 Å². The number of anilines is 1. The van der Waals surface area contributed by atoms with Crippen LogP contribution in [-0.4, -0.2) is 17.9 Å². The molecule has 13 heavy (non-hydrogen) atoms. The van der Waals surface area contributed by atoms with Crippen molar-refractivity contribution in [2.24, 2.45) is 0 Å². The average Bonchev–Trinajstić information content (AvgIpc) is 2.03. The minimum atomic E-state index is -0.0211. The van der Waals surface area contributed by atoms with Gasteiger partial charge in [0.05, 0.1) is 11.4 Å². The Morgan fingerprint density at radius 1 is 1.54 bits per heavy atom. The highest BCUT2D eigenvalue weighted by atomic mass is 35.5. The van der Waals surface area contributed by atoms with Crippen LogP contribution in [0.3, 0.4) is 0 Å². The lowest BCUT2D eigenvalue weighted by Gasteiger charge is -2.16. The van der Waals surface area contributed by atoms with Gasteiger partial charge in [0.25, 0.3) is 0 Å². The molecule has 0 aliphatic carbocycles. The van der Waals surface area contributed by atoms with Crippen molar-refractivity contribution >= 4 is 23.2 Å². The second-order valence-electron chi connectivity index (χ2n) is 2.82. The highest BCUT2D eigenvalue weighted by molar-refractivity contribution is 6.29. The first-order valence-electron chi connectivity index (χ1n) is 3.90. The number of aromatic nitrogens is 1. The molecule has 0 N–H and O–H groups in total. The van der Waals surface area contributed by atoms with Gasteiger partial charge in [0, 0.05) is 14.0 Å². The van der Waals surface area contributed by atoms with Crippen molar-refractivity contribution in [3.05, 3.63) is 23.0 Å². The third kappa shape index (κ3) is 2.18. The molecule has 0 atom stereocenters. The molecule has 70 valence electrons. The third-order valence-electron chi connectivity index (χ3n) is 1.86. The molecule has 1 aromatic rings. The molecule has 0 radical (unpaired) electrons. The maximum atomic E-state index is 11.0. The summed E-state index contributed by atoms with van der Waals surface area (Å²) in [6, 6.07) is 3.45. The third-order valence-corrected chi connectivity index (χ3v) is 2.07. The summed E-state index contributed by atoms with van der Waals surface area (Å²) in [5, 5.41) is 0.443. The number of carbonyl (C=O) groups is 1. The summed E-state index contributed by atoms with van der Waals surface area (Å²) in [6.07, 6.45) is 0. The van der Waals surface area contributed by atoms with Crippen LogP contribution < -0.4 is 4.90 Å². The van der Waals surface area contributed by atoms with Gasteiger partial charge in [0.1, 0.15) is 5.15 Å². The van der Waals surface area contributed by atoms with Gasteiger partial charge >= 0.3 is 0 Å². The van der Waals surface area contributed by atoms with Gasteiger partial charge in [-0.2, -0.15) is 0 Å². The summed E-state index contributed by atoms with van der Waals surface area (Å²) in [4.78, 5) is 16.6. The molecule has 0 aliphatic heterocycles. The Balaban J connectivity index is 3.08. The lowest BCUT2D eigenvalue weighted by atomic mass is 10.3. The number of amides is 1. The van der Waals surface area contributed by atoms with Crippen molar-refractivity contribution in [1.82, 2.24) is 4.98 Å². The van der Waals surface area contributed by atoms with Crippen LogP contribution in [0, 0.1) is 6.92 Å². The first-order valence-corrected chi connectivity index (χ1v) is 4.27. The Morgan fingerprint density at radius 2 is 2.15 bits per heavy atom. The van der Waals surface area contributed by atoms with E-state index >= 15 is 0 Å². The largest absolute Gasteiger partial charge is 0.314 e. The Morgan fingerprint density at radius 3 is 2.62 bits per heavy atom. The van der Waals surface area contributed by atoms with Crippen LogP contribution >= 0.6 is 11.6 Å². The highest BCUT2D eigenvalue weighted by Gasteiger charge is 2.08. The maximum Gasteiger partial charge on any atom is 0.223 e. The van der Waals surface area contributed by atoms with E-state index in [1.165, 1.54) is 6.92 Å². The van der Waals surface area contributed by atoms with E-state index in [-0.39, 0.29) is 5.91 Å². The average molecular weight is 199 g/mol. The zero-order valence-corrected chi connectivity index (χ0v) is 8.59. The number of hydrogen-bond acceptors (Lipinski definition) is 2. The molecule has 1 amide bonds. The van der Waals surface area contributed by atoms with Gasteiger partial charge in [-0.3, -0.25) is 4.79 Å². The molecule has 1 aromatic heterocycles. The standard InChI is InChI=1S/C9H11ClN2O/c1-6-8(12(3)7(2)13)4-5-9(10)11-6/h4-5H,1-3H3. The molecule has 0 unspecified atom stereocenters. The summed E-state index contributed by atoms with van der Waals surface area (Å²) in [5.41, 5.74) is 1.54. The predicted molar refractivity (Wildman–Crippen MR) is 53.1 cm³/mol. The van der Waals surface area contributed by atoms with Gasteiger partial charge in [0.15, 0.2) is 0 Å². The maximum absolute atomic E-state index is 11.0. The molecule has 0 bridgehead atoms. The SMILES string of the molecule is CC(=O)N(C)c1ccc(Cl)nc1C. The number of nitrogens with zero attached hydrogens (tertiary/aromatic N) is 2. The molecule has 0 aliphatic rings. The first kappa shape index (κ1) is 9.99. The number of aryl methyl sites for hydroxylation is 1. The number of pyridine rings is 1. The first-order chi connectivity index (χ1) is 6.02. The number of rotatable bonds is 1. The summed E-state index contributed by atoms with van der Waals surface area (Å²) in [6.45, 7) is 3.33. The fourth-order valence-electron chi connectivity index (χ4n) is 1.05. The van der Waals surface area contributed by atoms with E-state index in [1.54, 1.807) is 24.1 Å². The lowest BCUT2D eigenvalue weighted by Crippen LogP contribution is -2.23. The Labute approximate surface area is 82.3 Å². The molecule has 0 spiro atoms. The van der Waals surface area contributed by atoms with Gasteiger partial charge in [-0.15, -0.1) is 0 Å². The summed E-state index contributed by atoms with van der Waals surface area (Å²) < 4.78 is 0. The van der Waals surface area contributed by atoms with Crippen molar-refractivity contribution in [3.63, 3.8) is 0 Å². The molecule has 1 heterocycles. The molecular weight excluding hydrogens is 188 g/mol. The zero-order chi connectivity index (χ0) is 10.0. The number of carbonyl (C=O) groups excluding carboxylic acids is 1. The minimum Gasteiger partial charge on any atom is -0.314 e. The number of halogens is 1. The van der Waals surface area contributed by atoms with E-state index in [9.17, 15) is 4.79 Å². The van der Waals surface area contributed by atoms with Gasteiger partial charge in [0.2, 0.25) is 5.91 Å². The Bertz CT molecular complexity index is 338. The molecule has 1 rings (SSSR count). The fourth-order valence-corrected chi connectivity index (χ4v) is 1.24. The minimum absolute atomic E-state index is 0.0211. The summed E-state index contributed by atoms with van der Waals surface area (Å²) in [5.74, 6) is -0.0211. The second-order valence-corrected chi connectivity index (χ2v) is 3.20. The molecule has 0 saturated heterocycles. The Hall–Kier alpha value is -1.09. The van der Waals surface area contributed by atoms with E-state index in [0.29, 0.717) is 5.15 Å².